The molecule has 0 amide bonds. The Morgan fingerprint density at radius 1 is 1.43 bits per heavy atom. The van der Waals surface area contributed by atoms with Crippen molar-refractivity contribution in [2.24, 2.45) is 33.5 Å². The molecular formula is C10H16N2O2. The fraction of sp³-hybridized carbons (Fsp3) is 0.800. The Labute approximate surface area is 83.3 Å². The number of nitrogens with zero attached hydrogens (tertiary/aromatic N) is 2. The van der Waals surface area contributed by atoms with Crippen LogP contribution in [0.3, 0.4) is 0 Å². The number of hydrogen-bond acceptors (Lipinski definition) is 4. The summed E-state index contributed by atoms with van der Waals surface area (Å²) in [6.07, 6.45) is 0.839. The molecule has 0 aromatic heterocycles. The van der Waals surface area contributed by atoms with E-state index >= 15 is 0 Å². The normalized spacial score (nSPS) is 42.6. The van der Waals surface area contributed by atoms with Crippen molar-refractivity contribution in [1.29, 1.82) is 0 Å². The van der Waals surface area contributed by atoms with Gasteiger partial charge in [-0.25, -0.2) is 0 Å². The molecule has 2 aliphatic rings. The van der Waals surface area contributed by atoms with E-state index in [4.69, 9.17) is 10.4 Å². The van der Waals surface area contributed by atoms with Gasteiger partial charge in [-0.3, -0.25) is 0 Å². The lowest BCUT2D eigenvalue weighted by atomic mass is 9.88. The minimum atomic E-state index is 0.0463. The van der Waals surface area contributed by atoms with Gasteiger partial charge in [0, 0.05) is 5.92 Å². The third kappa shape index (κ3) is 0.996. The van der Waals surface area contributed by atoms with Gasteiger partial charge in [-0.2, -0.15) is 0 Å². The minimum absolute atomic E-state index is 0.0463. The first-order chi connectivity index (χ1) is 6.54. The van der Waals surface area contributed by atoms with Crippen LogP contribution in [-0.4, -0.2) is 21.8 Å². The topological polar surface area (TPSA) is 65.2 Å². The van der Waals surface area contributed by atoms with Crippen LogP contribution in [0.15, 0.2) is 10.3 Å². The van der Waals surface area contributed by atoms with Crippen molar-refractivity contribution in [2.75, 3.05) is 0 Å². The standard InChI is InChI=1S/C10H16N2O2/c1-5(11-13)8-7(12-14)4-6-9(8)10(6,2)3/h6,8-9,13-14H,4H2,1-3H3/b11-5-,12-7+/t6-,8+,9-/m0/s1. The molecule has 0 saturated heterocycles. The molecular weight excluding hydrogens is 180 g/mol. The smallest absolute Gasteiger partial charge is 0.0665 e. The first-order valence-corrected chi connectivity index (χ1v) is 4.93. The van der Waals surface area contributed by atoms with Crippen LogP contribution in [0, 0.1) is 23.2 Å². The molecule has 4 heteroatoms. The average molecular weight is 196 g/mol. The molecule has 2 fully saturated rings. The lowest BCUT2D eigenvalue weighted by Gasteiger charge is -2.17. The molecule has 4 nitrogen and oxygen atoms in total. The predicted molar refractivity (Wildman–Crippen MR) is 53.0 cm³/mol. The van der Waals surface area contributed by atoms with E-state index in [0.717, 1.165) is 12.1 Å². The number of rotatable bonds is 1. The minimum Gasteiger partial charge on any atom is -0.411 e. The van der Waals surface area contributed by atoms with Crippen LogP contribution >= 0.6 is 0 Å². The second-order valence-corrected chi connectivity index (χ2v) is 4.97. The zero-order valence-electron chi connectivity index (χ0n) is 8.73. The predicted octanol–water partition coefficient (Wildman–Crippen LogP) is 1.96. The van der Waals surface area contributed by atoms with E-state index in [9.17, 15) is 0 Å². The third-order valence-corrected chi connectivity index (χ3v) is 4.02. The number of oxime groups is 2. The van der Waals surface area contributed by atoms with Crippen molar-refractivity contribution in [3.63, 3.8) is 0 Å². The van der Waals surface area contributed by atoms with Crippen molar-refractivity contribution >= 4 is 11.4 Å². The van der Waals surface area contributed by atoms with Gasteiger partial charge in [0.25, 0.3) is 0 Å². The quantitative estimate of drug-likeness (QED) is 0.382. The van der Waals surface area contributed by atoms with Gasteiger partial charge in [0.1, 0.15) is 0 Å². The highest BCUT2D eigenvalue weighted by atomic mass is 16.4. The van der Waals surface area contributed by atoms with Gasteiger partial charge < -0.3 is 10.4 Å². The fourth-order valence-electron chi connectivity index (χ4n) is 3.06. The molecule has 14 heavy (non-hydrogen) atoms. The van der Waals surface area contributed by atoms with E-state index in [2.05, 4.69) is 24.2 Å². The van der Waals surface area contributed by atoms with Crippen molar-refractivity contribution in [3.05, 3.63) is 0 Å². The summed E-state index contributed by atoms with van der Waals surface area (Å²) < 4.78 is 0. The molecule has 0 aliphatic heterocycles. The van der Waals surface area contributed by atoms with Crippen molar-refractivity contribution in [2.45, 2.75) is 27.2 Å². The Bertz CT molecular complexity index is 320. The van der Waals surface area contributed by atoms with Gasteiger partial charge in [0.2, 0.25) is 0 Å². The molecule has 0 aromatic carbocycles. The van der Waals surface area contributed by atoms with Crippen LogP contribution in [0.4, 0.5) is 0 Å². The second-order valence-electron chi connectivity index (χ2n) is 4.97. The Kier molecular flexibility index (Phi) is 1.84. The van der Waals surface area contributed by atoms with Gasteiger partial charge in [-0.15, -0.1) is 0 Å². The van der Waals surface area contributed by atoms with Crippen molar-refractivity contribution in [3.8, 4) is 0 Å². The Morgan fingerprint density at radius 2 is 2.07 bits per heavy atom. The van der Waals surface area contributed by atoms with Gasteiger partial charge >= 0.3 is 0 Å². The summed E-state index contributed by atoms with van der Waals surface area (Å²) in [7, 11) is 0. The molecule has 2 aliphatic carbocycles. The molecule has 2 N–H and O–H groups in total. The molecule has 0 radical (unpaired) electrons. The van der Waals surface area contributed by atoms with Crippen LogP contribution in [-0.2, 0) is 0 Å². The van der Waals surface area contributed by atoms with Gasteiger partial charge in [-0.1, -0.05) is 24.2 Å². The maximum atomic E-state index is 8.84. The summed E-state index contributed by atoms with van der Waals surface area (Å²) in [5, 5.41) is 24.2. The molecule has 0 spiro atoms. The van der Waals surface area contributed by atoms with Gasteiger partial charge in [0.15, 0.2) is 0 Å². The highest BCUT2D eigenvalue weighted by Gasteiger charge is 2.67. The number of hydrogen-bond donors (Lipinski definition) is 2. The molecule has 0 unspecified atom stereocenters. The molecule has 0 aromatic rings. The molecule has 0 bridgehead atoms. The summed E-state index contributed by atoms with van der Waals surface area (Å²) in [6.45, 7) is 6.22. The molecule has 3 atom stereocenters. The maximum Gasteiger partial charge on any atom is 0.0665 e. The van der Waals surface area contributed by atoms with Crippen LogP contribution in [0.1, 0.15) is 27.2 Å². The van der Waals surface area contributed by atoms with Crippen molar-refractivity contribution < 1.29 is 10.4 Å². The summed E-state index contributed by atoms with van der Waals surface area (Å²) >= 11 is 0. The third-order valence-electron chi connectivity index (χ3n) is 4.02. The van der Waals surface area contributed by atoms with Gasteiger partial charge in [-0.05, 0) is 30.6 Å². The Hall–Kier alpha value is -1.06. The largest absolute Gasteiger partial charge is 0.411 e. The monoisotopic (exact) mass is 196 g/mol. The highest BCUT2D eigenvalue weighted by molar-refractivity contribution is 6.09. The van der Waals surface area contributed by atoms with Crippen LogP contribution in [0.5, 0.6) is 0 Å². The molecule has 2 saturated carbocycles. The first kappa shape index (κ1) is 9.49. The Balaban J connectivity index is 2.28. The van der Waals surface area contributed by atoms with Crippen molar-refractivity contribution in [1.82, 2.24) is 0 Å². The van der Waals surface area contributed by atoms with E-state index in [1.807, 2.05) is 0 Å². The van der Waals surface area contributed by atoms with Crippen LogP contribution in [0.25, 0.3) is 0 Å². The first-order valence-electron chi connectivity index (χ1n) is 4.93. The fourth-order valence-corrected chi connectivity index (χ4v) is 3.06. The Morgan fingerprint density at radius 3 is 2.57 bits per heavy atom. The number of fused-ring (bicyclic) bond motifs is 1. The summed E-state index contributed by atoms with van der Waals surface area (Å²) in [5.41, 5.74) is 1.75. The maximum absolute atomic E-state index is 8.84. The van der Waals surface area contributed by atoms with Gasteiger partial charge in [0.05, 0.1) is 11.4 Å². The molecule has 78 valence electrons. The van der Waals surface area contributed by atoms with E-state index in [1.54, 1.807) is 6.92 Å². The summed E-state index contributed by atoms with van der Waals surface area (Å²) in [5.74, 6) is 1.13. The average Bonchev–Trinajstić information content (AvgIpc) is 2.57. The molecule has 2 rings (SSSR count). The van der Waals surface area contributed by atoms with E-state index < -0.39 is 0 Å². The lowest BCUT2D eigenvalue weighted by molar-refractivity contribution is 0.308. The van der Waals surface area contributed by atoms with E-state index in [1.165, 1.54) is 0 Å². The zero-order valence-corrected chi connectivity index (χ0v) is 8.73. The summed E-state index contributed by atoms with van der Waals surface area (Å²) in [4.78, 5) is 0. The SMILES string of the molecule is C/C(=N/O)[C@@H]1/C(=N/O)C[C@H]2[C@@H]1C2(C)C. The lowest BCUT2D eigenvalue weighted by Crippen LogP contribution is -2.24. The second kappa shape index (κ2) is 2.72. The summed E-state index contributed by atoms with van der Waals surface area (Å²) in [6, 6.07) is 0. The van der Waals surface area contributed by atoms with Crippen LogP contribution in [0.2, 0.25) is 0 Å². The van der Waals surface area contributed by atoms with Crippen LogP contribution < -0.4 is 0 Å². The van der Waals surface area contributed by atoms with E-state index in [-0.39, 0.29) is 5.92 Å². The highest BCUT2D eigenvalue weighted by Crippen LogP contribution is 2.68. The van der Waals surface area contributed by atoms with E-state index in [0.29, 0.717) is 23.0 Å². The molecule has 0 heterocycles. The zero-order chi connectivity index (χ0) is 10.5.